The lowest BCUT2D eigenvalue weighted by Crippen LogP contribution is -2.08. The lowest BCUT2D eigenvalue weighted by atomic mass is 9.99. The third kappa shape index (κ3) is 4.06. The van der Waals surface area contributed by atoms with Gasteiger partial charge in [0.1, 0.15) is 12.3 Å². The number of nitrogens with two attached hydrogens (primary N) is 1. The Balaban J connectivity index is 1.94. The Bertz CT molecular complexity index is 936. The molecule has 0 radical (unpaired) electrons. The summed E-state index contributed by atoms with van der Waals surface area (Å²) in [7, 11) is 0. The molecule has 0 aliphatic rings. The predicted molar refractivity (Wildman–Crippen MR) is 109 cm³/mol. The van der Waals surface area contributed by atoms with Crippen LogP contribution in [-0.4, -0.2) is 5.71 Å². The first kappa shape index (κ1) is 18.0. The number of halogens is 1. The van der Waals surface area contributed by atoms with Crippen LogP contribution in [0, 0.1) is 13.8 Å². The second-order valence-corrected chi connectivity index (χ2v) is 6.60. The van der Waals surface area contributed by atoms with Crippen molar-refractivity contribution in [2.45, 2.75) is 20.5 Å². The summed E-state index contributed by atoms with van der Waals surface area (Å²) in [6.07, 6.45) is 0. The molecule has 0 fully saturated rings. The Kier molecular flexibility index (Phi) is 5.59. The Morgan fingerprint density at radius 1 is 1.00 bits per heavy atom. The molecule has 3 aromatic rings. The lowest BCUT2D eigenvalue weighted by Gasteiger charge is -2.11. The number of anilines is 1. The number of nitrogen functional groups attached to an aromatic ring is 1. The maximum atomic E-state index is 6.34. The number of nitrogens with zero attached hydrogens (tertiary/aromatic N) is 1. The predicted octanol–water partition coefficient (Wildman–Crippen LogP) is 5.51. The fourth-order valence-corrected chi connectivity index (χ4v) is 2.90. The molecule has 0 spiro atoms. The molecule has 0 bridgehead atoms. The summed E-state index contributed by atoms with van der Waals surface area (Å²) in [4.78, 5) is 5.67. The third-order valence-corrected chi connectivity index (χ3v) is 4.70. The van der Waals surface area contributed by atoms with Crippen molar-refractivity contribution in [3.63, 3.8) is 0 Å². The fraction of sp³-hybridized carbons (Fsp3) is 0.136. The van der Waals surface area contributed by atoms with E-state index in [9.17, 15) is 0 Å². The number of aryl methyl sites for hydroxylation is 2. The SMILES string of the molecule is Cc1ccc(N)c(/C(=N/OCc2cccc(C)c2Cl)c2ccccc2)c1. The van der Waals surface area contributed by atoms with Crippen LogP contribution in [0.25, 0.3) is 0 Å². The standard InChI is InChI=1S/C22H21ClN2O/c1-15-11-12-20(24)19(13-15)22(17-8-4-3-5-9-17)25-26-14-18-10-6-7-16(2)21(18)23/h3-13H,14,24H2,1-2H3/b25-22+. The van der Waals surface area contributed by atoms with Crippen LogP contribution in [0.2, 0.25) is 5.02 Å². The normalized spacial score (nSPS) is 11.4. The van der Waals surface area contributed by atoms with E-state index in [2.05, 4.69) is 5.16 Å². The molecule has 4 heteroatoms. The van der Waals surface area contributed by atoms with Gasteiger partial charge >= 0.3 is 0 Å². The number of hydrogen-bond acceptors (Lipinski definition) is 3. The molecule has 3 aromatic carbocycles. The first-order chi connectivity index (χ1) is 12.6. The average Bonchev–Trinajstić information content (AvgIpc) is 2.65. The van der Waals surface area contributed by atoms with Crippen LogP contribution >= 0.6 is 11.6 Å². The smallest absolute Gasteiger partial charge is 0.143 e. The van der Waals surface area contributed by atoms with E-state index < -0.39 is 0 Å². The molecule has 2 N–H and O–H groups in total. The summed E-state index contributed by atoms with van der Waals surface area (Å²) >= 11 is 6.34. The molecule has 0 aromatic heterocycles. The highest BCUT2D eigenvalue weighted by molar-refractivity contribution is 6.32. The number of oxime groups is 1. The van der Waals surface area contributed by atoms with Gasteiger partial charge in [-0.15, -0.1) is 0 Å². The van der Waals surface area contributed by atoms with Crippen LogP contribution < -0.4 is 5.73 Å². The molecular weight excluding hydrogens is 344 g/mol. The van der Waals surface area contributed by atoms with Gasteiger partial charge in [-0.25, -0.2) is 0 Å². The minimum absolute atomic E-state index is 0.294. The van der Waals surface area contributed by atoms with E-state index >= 15 is 0 Å². The summed E-state index contributed by atoms with van der Waals surface area (Å²) in [5.41, 5.74) is 12.4. The summed E-state index contributed by atoms with van der Waals surface area (Å²) in [5, 5.41) is 5.12. The second kappa shape index (κ2) is 8.07. The zero-order valence-corrected chi connectivity index (χ0v) is 15.6. The Morgan fingerprint density at radius 2 is 1.77 bits per heavy atom. The van der Waals surface area contributed by atoms with Crippen molar-refractivity contribution >= 4 is 23.0 Å². The maximum absolute atomic E-state index is 6.34. The summed E-state index contributed by atoms with van der Waals surface area (Å²) in [6.45, 7) is 4.29. The van der Waals surface area contributed by atoms with E-state index in [0.717, 1.165) is 27.8 Å². The molecular formula is C22H21ClN2O. The van der Waals surface area contributed by atoms with Crippen molar-refractivity contribution in [3.05, 3.63) is 99.6 Å². The van der Waals surface area contributed by atoms with Gasteiger partial charge in [0.2, 0.25) is 0 Å². The van der Waals surface area contributed by atoms with E-state index in [1.54, 1.807) is 0 Å². The van der Waals surface area contributed by atoms with E-state index in [1.807, 2.05) is 80.6 Å². The Morgan fingerprint density at radius 3 is 2.54 bits per heavy atom. The van der Waals surface area contributed by atoms with Crippen molar-refractivity contribution in [3.8, 4) is 0 Å². The topological polar surface area (TPSA) is 47.6 Å². The van der Waals surface area contributed by atoms with Gasteiger partial charge in [0.15, 0.2) is 0 Å². The van der Waals surface area contributed by atoms with Gasteiger partial charge in [-0.2, -0.15) is 0 Å². The number of benzene rings is 3. The fourth-order valence-electron chi connectivity index (χ4n) is 2.71. The minimum atomic E-state index is 0.294. The molecule has 0 aliphatic heterocycles. The number of rotatable bonds is 5. The molecule has 0 saturated heterocycles. The highest BCUT2D eigenvalue weighted by Crippen LogP contribution is 2.22. The second-order valence-electron chi connectivity index (χ2n) is 6.22. The molecule has 0 atom stereocenters. The van der Waals surface area contributed by atoms with Gasteiger partial charge in [-0.05, 0) is 31.5 Å². The number of hydrogen-bond donors (Lipinski definition) is 1. The van der Waals surface area contributed by atoms with Crippen molar-refractivity contribution in [1.82, 2.24) is 0 Å². The average molecular weight is 365 g/mol. The third-order valence-electron chi connectivity index (χ3n) is 4.16. The van der Waals surface area contributed by atoms with E-state index in [1.165, 1.54) is 0 Å². The molecule has 3 nitrogen and oxygen atoms in total. The largest absolute Gasteiger partial charge is 0.398 e. The molecule has 0 aliphatic carbocycles. The van der Waals surface area contributed by atoms with Crippen LogP contribution in [-0.2, 0) is 11.4 Å². The van der Waals surface area contributed by atoms with Crippen LogP contribution in [0.1, 0.15) is 27.8 Å². The molecule has 0 saturated carbocycles. The van der Waals surface area contributed by atoms with Gasteiger partial charge in [0, 0.05) is 22.4 Å². The molecule has 0 amide bonds. The Labute approximate surface area is 159 Å². The van der Waals surface area contributed by atoms with Crippen LogP contribution in [0.3, 0.4) is 0 Å². The molecule has 3 rings (SSSR count). The first-order valence-electron chi connectivity index (χ1n) is 8.42. The van der Waals surface area contributed by atoms with Gasteiger partial charge in [-0.1, -0.05) is 76.9 Å². The zero-order chi connectivity index (χ0) is 18.5. The van der Waals surface area contributed by atoms with Crippen LogP contribution in [0.5, 0.6) is 0 Å². The minimum Gasteiger partial charge on any atom is -0.398 e. The van der Waals surface area contributed by atoms with Crippen molar-refractivity contribution in [2.24, 2.45) is 5.16 Å². The molecule has 26 heavy (non-hydrogen) atoms. The first-order valence-corrected chi connectivity index (χ1v) is 8.80. The van der Waals surface area contributed by atoms with Gasteiger partial charge in [-0.3, -0.25) is 0 Å². The van der Waals surface area contributed by atoms with Gasteiger partial charge in [0.25, 0.3) is 0 Å². The van der Waals surface area contributed by atoms with Gasteiger partial charge in [0.05, 0.1) is 5.02 Å². The molecule has 0 heterocycles. The van der Waals surface area contributed by atoms with Crippen molar-refractivity contribution in [2.75, 3.05) is 5.73 Å². The summed E-state index contributed by atoms with van der Waals surface area (Å²) < 4.78 is 0. The van der Waals surface area contributed by atoms with Gasteiger partial charge < -0.3 is 10.6 Å². The molecule has 0 unspecified atom stereocenters. The van der Waals surface area contributed by atoms with Crippen LogP contribution in [0.4, 0.5) is 5.69 Å². The van der Waals surface area contributed by atoms with E-state index in [4.69, 9.17) is 22.2 Å². The van der Waals surface area contributed by atoms with Crippen molar-refractivity contribution in [1.29, 1.82) is 0 Å². The molecule has 132 valence electrons. The Hall–Kier alpha value is -2.78. The van der Waals surface area contributed by atoms with Crippen LogP contribution in [0.15, 0.2) is 71.9 Å². The maximum Gasteiger partial charge on any atom is 0.143 e. The summed E-state index contributed by atoms with van der Waals surface area (Å²) in [5.74, 6) is 0. The van der Waals surface area contributed by atoms with E-state index in [-0.39, 0.29) is 0 Å². The zero-order valence-electron chi connectivity index (χ0n) is 14.9. The van der Waals surface area contributed by atoms with Crippen molar-refractivity contribution < 1.29 is 4.84 Å². The summed E-state index contributed by atoms with van der Waals surface area (Å²) in [6, 6.07) is 21.6. The highest BCUT2D eigenvalue weighted by Gasteiger charge is 2.12. The lowest BCUT2D eigenvalue weighted by molar-refractivity contribution is 0.131. The monoisotopic (exact) mass is 364 g/mol. The highest BCUT2D eigenvalue weighted by atomic mass is 35.5. The van der Waals surface area contributed by atoms with E-state index in [0.29, 0.717) is 23.0 Å². The quantitative estimate of drug-likeness (QED) is 0.368.